The van der Waals surface area contributed by atoms with Crippen molar-refractivity contribution in [2.75, 3.05) is 16.6 Å². The Balaban J connectivity index is 1.89. The third-order valence-corrected chi connectivity index (χ3v) is 4.95. The summed E-state index contributed by atoms with van der Waals surface area (Å²) in [6.45, 7) is 3.03. The van der Waals surface area contributed by atoms with Crippen LogP contribution in [0.3, 0.4) is 0 Å². The van der Waals surface area contributed by atoms with Gasteiger partial charge in [-0.1, -0.05) is 32.3 Å². The molecule has 1 heterocycles. The summed E-state index contributed by atoms with van der Waals surface area (Å²) >= 11 is 2.29. The Morgan fingerprint density at radius 2 is 1.88 bits per heavy atom. The van der Waals surface area contributed by atoms with Crippen LogP contribution in [-0.4, -0.2) is 6.54 Å². The van der Waals surface area contributed by atoms with Gasteiger partial charge in [-0.05, 0) is 53.3 Å². The van der Waals surface area contributed by atoms with Crippen molar-refractivity contribution in [2.24, 2.45) is 0 Å². The fraction of sp³-hybridized carbons (Fsp3) is 0.333. The normalized spacial score (nSPS) is 13.5. The summed E-state index contributed by atoms with van der Waals surface area (Å²) in [7, 11) is 0. The number of hydrogen-bond acceptors (Lipinski definition) is 3. The molecule has 2 aromatic carbocycles. The summed E-state index contributed by atoms with van der Waals surface area (Å²) in [6, 6.07) is 9.56. The Morgan fingerprint density at radius 1 is 1.04 bits per heavy atom. The Morgan fingerprint density at radius 3 is 2.62 bits per heavy atom. The number of unbranched alkanes of at least 4 members (excludes halogenated alkanes) is 3. The minimum Gasteiger partial charge on any atom is -0.287 e. The minimum atomic E-state index is -0.583. The Bertz CT molecular complexity index is 723. The molecule has 0 spiro atoms. The fourth-order valence-corrected chi connectivity index (χ4v) is 3.66. The van der Waals surface area contributed by atoms with Gasteiger partial charge in [0.25, 0.3) is 0 Å². The lowest BCUT2D eigenvalue weighted by Gasteiger charge is -2.23. The quantitative estimate of drug-likeness (QED) is 0.468. The molecular formula is C18H20F2IN3. The van der Waals surface area contributed by atoms with Crippen LogP contribution in [0.25, 0.3) is 0 Å². The summed E-state index contributed by atoms with van der Waals surface area (Å²) in [6.07, 6.45) is 4.63. The summed E-state index contributed by atoms with van der Waals surface area (Å²) in [5.74, 6) is -1.16. The fourth-order valence-electron chi connectivity index (χ4n) is 2.88. The zero-order valence-corrected chi connectivity index (χ0v) is 15.7. The van der Waals surface area contributed by atoms with Gasteiger partial charge in [-0.3, -0.25) is 10.0 Å². The molecule has 128 valence electrons. The number of hydrazine groups is 2. The van der Waals surface area contributed by atoms with Crippen LogP contribution in [0.2, 0.25) is 0 Å². The van der Waals surface area contributed by atoms with Gasteiger partial charge in [-0.15, -0.1) is 5.53 Å². The van der Waals surface area contributed by atoms with Gasteiger partial charge >= 0.3 is 0 Å². The predicted octanol–water partition coefficient (Wildman–Crippen LogP) is 5.53. The number of para-hydroxylation sites is 1. The molecule has 0 amide bonds. The lowest BCUT2D eigenvalue weighted by Crippen LogP contribution is -2.42. The molecule has 1 aliphatic heterocycles. The standard InChI is InChI=1S/C18H20F2IN3/c1-2-3-4-5-11-23-18-15(21)7-6-8-17(18)24(22-23)16-10-9-13(19)12-14(16)20/h6-10,12,22H,2-5,11H2,1H3. The maximum Gasteiger partial charge on any atom is 0.151 e. The largest absolute Gasteiger partial charge is 0.287 e. The third kappa shape index (κ3) is 3.49. The van der Waals surface area contributed by atoms with Gasteiger partial charge < -0.3 is 0 Å². The Kier molecular flexibility index (Phi) is 5.55. The van der Waals surface area contributed by atoms with Crippen molar-refractivity contribution >= 4 is 39.7 Å². The van der Waals surface area contributed by atoms with Crippen LogP contribution in [0.1, 0.15) is 32.6 Å². The van der Waals surface area contributed by atoms with E-state index in [4.69, 9.17) is 0 Å². The van der Waals surface area contributed by atoms with E-state index < -0.39 is 11.6 Å². The van der Waals surface area contributed by atoms with Gasteiger partial charge in [0.15, 0.2) is 5.82 Å². The molecule has 3 nitrogen and oxygen atoms in total. The van der Waals surface area contributed by atoms with E-state index in [1.165, 1.54) is 31.4 Å². The van der Waals surface area contributed by atoms with Crippen LogP contribution in [0, 0.1) is 15.2 Å². The monoisotopic (exact) mass is 443 g/mol. The Labute approximate surface area is 154 Å². The first kappa shape index (κ1) is 17.4. The van der Waals surface area contributed by atoms with E-state index in [1.807, 2.05) is 18.2 Å². The van der Waals surface area contributed by atoms with E-state index >= 15 is 0 Å². The topological polar surface area (TPSA) is 18.5 Å². The molecule has 0 radical (unpaired) electrons. The average Bonchev–Trinajstić information content (AvgIpc) is 2.92. The summed E-state index contributed by atoms with van der Waals surface area (Å²) < 4.78 is 28.5. The van der Waals surface area contributed by atoms with Gasteiger partial charge in [0, 0.05) is 16.2 Å². The molecule has 1 aliphatic rings. The molecule has 0 fully saturated rings. The predicted molar refractivity (Wildman–Crippen MR) is 102 cm³/mol. The highest BCUT2D eigenvalue weighted by molar-refractivity contribution is 14.1. The first-order chi connectivity index (χ1) is 11.6. The van der Waals surface area contributed by atoms with Gasteiger partial charge in [0.1, 0.15) is 5.82 Å². The first-order valence-corrected chi connectivity index (χ1v) is 9.27. The second-order valence-corrected chi connectivity index (χ2v) is 7.01. The number of rotatable bonds is 6. The van der Waals surface area contributed by atoms with Crippen LogP contribution < -0.4 is 15.6 Å². The van der Waals surface area contributed by atoms with Crippen LogP contribution >= 0.6 is 22.6 Å². The van der Waals surface area contributed by atoms with Crippen LogP contribution in [0.4, 0.5) is 25.8 Å². The average molecular weight is 443 g/mol. The van der Waals surface area contributed by atoms with E-state index in [-0.39, 0.29) is 0 Å². The molecule has 0 saturated carbocycles. The number of anilines is 3. The van der Waals surface area contributed by atoms with Crippen molar-refractivity contribution in [3.05, 3.63) is 51.6 Å². The maximum atomic E-state index is 14.2. The van der Waals surface area contributed by atoms with Crippen LogP contribution in [-0.2, 0) is 0 Å². The molecule has 2 aromatic rings. The number of nitrogens with one attached hydrogen (secondary N) is 1. The van der Waals surface area contributed by atoms with Gasteiger partial charge in [0.2, 0.25) is 0 Å². The number of fused-ring (bicyclic) bond motifs is 1. The number of hydrogen-bond donors (Lipinski definition) is 1. The number of benzene rings is 2. The zero-order chi connectivity index (χ0) is 17.1. The molecule has 1 N–H and O–H groups in total. The van der Waals surface area contributed by atoms with E-state index in [2.05, 4.69) is 40.1 Å². The highest BCUT2D eigenvalue weighted by Gasteiger charge is 2.29. The smallest absolute Gasteiger partial charge is 0.151 e. The molecule has 0 aromatic heterocycles. The molecular weight excluding hydrogens is 423 g/mol. The third-order valence-electron chi connectivity index (χ3n) is 4.08. The molecule has 0 aliphatic carbocycles. The van der Waals surface area contributed by atoms with Crippen LogP contribution in [0.5, 0.6) is 0 Å². The second-order valence-electron chi connectivity index (χ2n) is 5.85. The minimum absolute atomic E-state index is 0.315. The Hall–Kier alpha value is -1.41. The molecule has 0 saturated heterocycles. The first-order valence-electron chi connectivity index (χ1n) is 8.19. The second kappa shape index (κ2) is 7.65. The van der Waals surface area contributed by atoms with Crippen molar-refractivity contribution in [3.8, 4) is 0 Å². The molecule has 0 atom stereocenters. The highest BCUT2D eigenvalue weighted by atomic mass is 127. The van der Waals surface area contributed by atoms with Gasteiger partial charge in [-0.25, -0.2) is 8.78 Å². The highest BCUT2D eigenvalue weighted by Crippen LogP contribution is 2.41. The molecule has 24 heavy (non-hydrogen) atoms. The van der Waals surface area contributed by atoms with E-state index in [1.54, 1.807) is 5.01 Å². The van der Waals surface area contributed by atoms with E-state index in [0.717, 1.165) is 34.0 Å². The van der Waals surface area contributed by atoms with Crippen molar-refractivity contribution in [3.63, 3.8) is 0 Å². The van der Waals surface area contributed by atoms with Gasteiger partial charge in [0.05, 0.1) is 17.1 Å². The summed E-state index contributed by atoms with van der Waals surface area (Å²) in [5, 5.41) is 3.74. The van der Waals surface area contributed by atoms with Crippen molar-refractivity contribution in [2.45, 2.75) is 32.6 Å². The SMILES string of the molecule is CCCCCCN1NN(c2ccc(F)cc2F)c2cccc(I)c21. The number of nitrogens with zero attached hydrogens (tertiary/aromatic N) is 2. The van der Waals surface area contributed by atoms with Gasteiger partial charge in [-0.2, -0.15) is 0 Å². The zero-order valence-electron chi connectivity index (χ0n) is 13.5. The molecule has 0 bridgehead atoms. The molecule has 0 unspecified atom stereocenters. The van der Waals surface area contributed by atoms with Crippen molar-refractivity contribution in [1.82, 2.24) is 5.53 Å². The summed E-state index contributed by atoms with van der Waals surface area (Å²) in [5.41, 5.74) is 5.48. The molecule has 6 heteroatoms. The van der Waals surface area contributed by atoms with E-state index in [0.29, 0.717) is 5.69 Å². The summed E-state index contributed by atoms with van der Waals surface area (Å²) in [4.78, 5) is 0. The van der Waals surface area contributed by atoms with Crippen LogP contribution in [0.15, 0.2) is 36.4 Å². The lowest BCUT2D eigenvalue weighted by molar-refractivity contribution is 0.569. The maximum absolute atomic E-state index is 14.2. The van der Waals surface area contributed by atoms with E-state index in [9.17, 15) is 8.78 Å². The molecule has 3 rings (SSSR count). The lowest BCUT2D eigenvalue weighted by atomic mass is 10.2. The van der Waals surface area contributed by atoms with Crippen molar-refractivity contribution in [1.29, 1.82) is 0 Å². The van der Waals surface area contributed by atoms with Crippen molar-refractivity contribution < 1.29 is 8.78 Å². The number of halogens is 3.